The van der Waals surface area contributed by atoms with Gasteiger partial charge in [-0.3, -0.25) is 14.4 Å². The van der Waals surface area contributed by atoms with Crippen LogP contribution in [0.3, 0.4) is 0 Å². The van der Waals surface area contributed by atoms with E-state index in [0.717, 1.165) is 5.69 Å². The number of carbonyl (C=O) groups excluding carboxylic acids is 2. The first-order chi connectivity index (χ1) is 12.4. The maximum atomic E-state index is 11.5. The summed E-state index contributed by atoms with van der Waals surface area (Å²) in [4.78, 5) is 38.4. The van der Waals surface area contributed by atoms with Crippen LogP contribution in [0.4, 0.5) is 5.69 Å². The molecule has 0 heterocycles. The summed E-state index contributed by atoms with van der Waals surface area (Å²) in [6.45, 7) is 0.884. The lowest BCUT2D eigenvalue weighted by atomic mass is 9.88. The van der Waals surface area contributed by atoms with Crippen LogP contribution in [0.2, 0.25) is 0 Å². The fourth-order valence-electron chi connectivity index (χ4n) is 2.78. The van der Waals surface area contributed by atoms with Crippen LogP contribution in [-0.4, -0.2) is 35.9 Å². The molecule has 0 atom stereocenters. The molecule has 0 saturated heterocycles. The first-order valence-corrected chi connectivity index (χ1v) is 8.25. The third-order valence-corrected chi connectivity index (χ3v) is 4.12. The van der Waals surface area contributed by atoms with Gasteiger partial charge in [0.15, 0.2) is 5.78 Å². The van der Waals surface area contributed by atoms with Gasteiger partial charge >= 0.3 is 5.97 Å². The minimum absolute atomic E-state index is 0.0120. The second-order valence-corrected chi connectivity index (χ2v) is 5.99. The quantitative estimate of drug-likeness (QED) is 0.455. The van der Waals surface area contributed by atoms with Gasteiger partial charge in [0, 0.05) is 43.6 Å². The highest BCUT2D eigenvalue weighted by molar-refractivity contribution is 6.28. The maximum Gasteiger partial charge on any atom is 0.303 e. The number of ketones is 1. The highest BCUT2D eigenvalue weighted by Crippen LogP contribution is 2.30. The van der Waals surface area contributed by atoms with E-state index in [9.17, 15) is 24.7 Å². The van der Waals surface area contributed by atoms with Gasteiger partial charge in [0.2, 0.25) is 0 Å². The zero-order valence-corrected chi connectivity index (χ0v) is 14.1. The lowest BCUT2D eigenvalue weighted by Gasteiger charge is -2.28. The molecular weight excluding hydrogens is 342 g/mol. The molecule has 8 nitrogen and oxygen atoms in total. The highest BCUT2D eigenvalue weighted by Gasteiger charge is 2.21. The largest absolute Gasteiger partial charge is 0.875 e. The van der Waals surface area contributed by atoms with Gasteiger partial charge < -0.3 is 25.3 Å². The predicted molar refractivity (Wildman–Crippen MR) is 87.4 cm³/mol. The van der Waals surface area contributed by atoms with Crippen molar-refractivity contribution in [1.82, 2.24) is 0 Å². The Kier molecular flexibility index (Phi) is 6.74. The minimum Gasteiger partial charge on any atom is -0.875 e. The maximum absolute atomic E-state index is 11.5. The first kappa shape index (κ1) is 19.5. The van der Waals surface area contributed by atoms with E-state index in [2.05, 4.69) is 4.89 Å². The highest BCUT2D eigenvalue weighted by atomic mass is 17.1. The third-order valence-electron chi connectivity index (χ3n) is 4.12. The molecule has 1 aromatic carbocycles. The summed E-state index contributed by atoms with van der Waals surface area (Å²) in [5, 5.41) is 30.3. The van der Waals surface area contributed by atoms with Crippen molar-refractivity contribution < 1.29 is 34.7 Å². The Morgan fingerprint density at radius 2 is 1.73 bits per heavy atom. The summed E-state index contributed by atoms with van der Waals surface area (Å²) in [5.74, 6) is -2.08. The van der Waals surface area contributed by atoms with E-state index in [-0.39, 0.29) is 36.4 Å². The monoisotopic (exact) mass is 361 g/mol. The topological polar surface area (TPSA) is 130 Å². The van der Waals surface area contributed by atoms with E-state index in [1.54, 1.807) is 24.3 Å². The molecule has 0 bridgehead atoms. The Balaban J connectivity index is 2.05. The number of carboxylic acid groups (broad SMARTS) is 1. The fraction of sp³-hybridized carbons (Fsp3) is 0.389. The van der Waals surface area contributed by atoms with Crippen LogP contribution >= 0.6 is 0 Å². The number of anilines is 1. The van der Waals surface area contributed by atoms with Crippen LogP contribution in [0.15, 0.2) is 30.0 Å². The van der Waals surface area contributed by atoms with Gasteiger partial charge in [0.25, 0.3) is 5.97 Å². The molecule has 1 aromatic rings. The van der Waals surface area contributed by atoms with Gasteiger partial charge in [-0.25, -0.2) is 0 Å². The summed E-state index contributed by atoms with van der Waals surface area (Å²) in [6, 6.07) is 6.84. The molecule has 0 fully saturated rings. The van der Waals surface area contributed by atoms with E-state index in [4.69, 9.17) is 5.11 Å². The van der Waals surface area contributed by atoms with Crippen molar-refractivity contribution in [3.63, 3.8) is 0 Å². The van der Waals surface area contributed by atoms with Gasteiger partial charge in [-0.1, -0.05) is 12.1 Å². The average Bonchev–Trinajstić information content (AvgIpc) is 2.60. The van der Waals surface area contributed by atoms with Crippen LogP contribution in [0.25, 0.3) is 5.57 Å². The molecular formula is C18H19NO7-2. The van der Waals surface area contributed by atoms with Crippen molar-refractivity contribution in [2.75, 3.05) is 18.0 Å². The molecule has 8 heteroatoms. The normalized spacial score (nSPS) is 13.3. The SMILES string of the molecule is O=C(O)CCCN(CCCC(=O)O[O-])c1ccc(C2=C([O-])CC2=O)cc1. The molecule has 1 aliphatic carbocycles. The third kappa shape index (κ3) is 5.06. The van der Waals surface area contributed by atoms with Crippen LogP contribution in [0, 0.1) is 0 Å². The molecule has 0 amide bonds. The number of nitrogens with zero attached hydrogens (tertiary/aromatic N) is 1. The summed E-state index contributed by atoms with van der Waals surface area (Å²) in [6.07, 6.45) is 0.728. The number of carboxylic acids is 1. The van der Waals surface area contributed by atoms with Crippen LogP contribution in [0.5, 0.6) is 0 Å². The zero-order chi connectivity index (χ0) is 19.1. The molecule has 26 heavy (non-hydrogen) atoms. The zero-order valence-electron chi connectivity index (χ0n) is 14.1. The Morgan fingerprint density at radius 1 is 1.12 bits per heavy atom. The number of rotatable bonds is 10. The fourth-order valence-corrected chi connectivity index (χ4v) is 2.78. The number of aliphatic carboxylic acids is 1. The minimum atomic E-state index is -0.895. The molecule has 0 aliphatic heterocycles. The number of hydrogen-bond acceptors (Lipinski definition) is 7. The predicted octanol–water partition coefficient (Wildman–Crippen LogP) is 0.000700. The summed E-state index contributed by atoms with van der Waals surface area (Å²) < 4.78 is 0. The number of allylic oxidation sites excluding steroid dienone is 2. The molecule has 140 valence electrons. The number of hydrogen-bond donors (Lipinski definition) is 1. The average molecular weight is 361 g/mol. The lowest BCUT2D eigenvalue weighted by molar-refractivity contribution is -0.657. The standard InChI is InChI=1S/C18H21NO7/c20-14-11-15(21)18(14)12-5-7-13(8-6-12)19(9-1-3-16(22)23)10-2-4-17(24)26-25/h5-8,20,25H,1-4,9-11H2,(H,22,23)/p-2. The van der Waals surface area contributed by atoms with Crippen molar-refractivity contribution >= 4 is 29.0 Å². The van der Waals surface area contributed by atoms with Crippen LogP contribution in [-0.2, 0) is 19.3 Å². The van der Waals surface area contributed by atoms with Crippen molar-refractivity contribution in [2.45, 2.75) is 32.1 Å². The number of carbonyl (C=O) groups is 3. The molecule has 2 rings (SSSR count). The first-order valence-electron chi connectivity index (χ1n) is 8.25. The number of benzene rings is 1. The lowest BCUT2D eigenvalue weighted by Crippen LogP contribution is -2.27. The summed E-state index contributed by atoms with van der Waals surface area (Å²) in [7, 11) is 0. The molecule has 0 radical (unpaired) electrons. The molecule has 0 spiro atoms. The van der Waals surface area contributed by atoms with Crippen molar-refractivity contribution in [3.8, 4) is 0 Å². The Hall–Kier alpha value is -2.87. The Morgan fingerprint density at radius 3 is 2.23 bits per heavy atom. The van der Waals surface area contributed by atoms with Gasteiger partial charge in [-0.15, -0.1) is 5.76 Å². The smallest absolute Gasteiger partial charge is 0.303 e. The van der Waals surface area contributed by atoms with E-state index in [0.29, 0.717) is 31.5 Å². The van der Waals surface area contributed by atoms with Crippen molar-refractivity contribution in [2.24, 2.45) is 0 Å². The second kappa shape index (κ2) is 9.00. The molecule has 0 unspecified atom stereocenters. The van der Waals surface area contributed by atoms with Gasteiger partial charge in [0.05, 0.1) is 0 Å². The second-order valence-electron chi connectivity index (χ2n) is 5.99. The van der Waals surface area contributed by atoms with E-state index in [1.807, 2.05) is 4.90 Å². The van der Waals surface area contributed by atoms with Crippen molar-refractivity contribution in [3.05, 3.63) is 35.6 Å². The molecule has 1 aliphatic rings. The van der Waals surface area contributed by atoms with Gasteiger partial charge in [-0.05, 0) is 30.5 Å². The summed E-state index contributed by atoms with van der Waals surface area (Å²) in [5.41, 5.74) is 1.55. The van der Waals surface area contributed by atoms with Gasteiger partial charge in [-0.2, -0.15) is 0 Å². The number of Topliss-reactive ketones (excluding diaryl/α,β-unsaturated/α-hetero) is 1. The Labute approximate surface area is 150 Å². The van der Waals surface area contributed by atoms with E-state index < -0.39 is 11.9 Å². The summed E-state index contributed by atoms with van der Waals surface area (Å²) >= 11 is 0. The van der Waals surface area contributed by atoms with E-state index >= 15 is 0 Å². The molecule has 1 N–H and O–H groups in total. The van der Waals surface area contributed by atoms with Crippen LogP contribution in [0.1, 0.15) is 37.7 Å². The van der Waals surface area contributed by atoms with Gasteiger partial charge in [0.1, 0.15) is 0 Å². The van der Waals surface area contributed by atoms with Crippen molar-refractivity contribution in [1.29, 1.82) is 0 Å². The van der Waals surface area contributed by atoms with Crippen LogP contribution < -0.4 is 15.3 Å². The molecule has 0 saturated carbocycles. The Bertz CT molecular complexity index is 709. The molecule has 0 aromatic heterocycles. The van der Waals surface area contributed by atoms with E-state index in [1.165, 1.54) is 0 Å².